The van der Waals surface area contributed by atoms with Crippen LogP contribution in [0.1, 0.15) is 6.92 Å². The second-order valence-corrected chi connectivity index (χ2v) is 2.11. The number of nitrogens with one attached hydrogen (secondary N) is 1. The van der Waals surface area contributed by atoms with E-state index < -0.39 is 18.0 Å². The molecule has 0 saturated carbocycles. The van der Waals surface area contributed by atoms with Gasteiger partial charge in [-0.1, -0.05) is 6.92 Å². The molecule has 0 rings (SSSR count). The van der Waals surface area contributed by atoms with E-state index in [1.165, 1.54) is 14.0 Å². The van der Waals surface area contributed by atoms with Gasteiger partial charge in [-0.2, -0.15) is 0 Å². The van der Waals surface area contributed by atoms with Gasteiger partial charge < -0.3 is 15.2 Å². The third kappa shape index (κ3) is 4.19. The van der Waals surface area contributed by atoms with Crippen LogP contribution < -0.4 is 5.32 Å². The Hall–Kier alpha value is -1.26. The molecule has 64 valence electrons. The highest BCUT2D eigenvalue weighted by Crippen LogP contribution is 1.90. The number of ether oxygens (including phenoxy) is 1. The standard InChI is InChI=1S/C6H11NO4/c1-4(5(8)9)3-7-6(10)11-2/h4H,3H2,1-2H3,(H,7,10)(H,8,9). The highest BCUT2D eigenvalue weighted by molar-refractivity contribution is 5.72. The van der Waals surface area contributed by atoms with Gasteiger partial charge in [-0.3, -0.25) is 4.79 Å². The third-order valence-corrected chi connectivity index (χ3v) is 1.16. The highest BCUT2D eigenvalue weighted by atomic mass is 16.5. The normalized spacial score (nSPS) is 11.8. The molecule has 1 unspecified atom stereocenters. The molecule has 0 fully saturated rings. The minimum absolute atomic E-state index is 0.0853. The molecule has 0 aliphatic rings. The van der Waals surface area contributed by atoms with Gasteiger partial charge in [0.1, 0.15) is 0 Å². The number of aliphatic carboxylic acids is 1. The fourth-order valence-electron chi connectivity index (χ4n) is 0.396. The number of hydrogen-bond acceptors (Lipinski definition) is 3. The summed E-state index contributed by atoms with van der Waals surface area (Å²) in [5.41, 5.74) is 0. The molecule has 0 aliphatic heterocycles. The Balaban J connectivity index is 3.54. The molecule has 5 heteroatoms. The number of carboxylic acid groups (broad SMARTS) is 1. The number of carbonyl (C=O) groups excluding carboxylic acids is 1. The maximum Gasteiger partial charge on any atom is 0.406 e. The van der Waals surface area contributed by atoms with Crippen LogP contribution >= 0.6 is 0 Å². The van der Waals surface area contributed by atoms with E-state index in [9.17, 15) is 9.59 Å². The molecule has 5 nitrogen and oxygen atoms in total. The molecule has 1 amide bonds. The van der Waals surface area contributed by atoms with E-state index in [2.05, 4.69) is 10.1 Å². The minimum atomic E-state index is -0.943. The lowest BCUT2D eigenvalue weighted by Crippen LogP contribution is -2.31. The zero-order chi connectivity index (χ0) is 8.85. The van der Waals surface area contributed by atoms with E-state index in [0.29, 0.717) is 0 Å². The summed E-state index contributed by atoms with van der Waals surface area (Å²) in [5, 5.41) is 10.6. The maximum absolute atomic E-state index is 10.4. The minimum Gasteiger partial charge on any atom is -0.481 e. The molecule has 0 aromatic rings. The fourth-order valence-corrected chi connectivity index (χ4v) is 0.396. The number of hydrogen-bond donors (Lipinski definition) is 2. The van der Waals surface area contributed by atoms with E-state index in [0.717, 1.165) is 0 Å². The van der Waals surface area contributed by atoms with Crippen LogP contribution in [0.3, 0.4) is 0 Å². The summed E-state index contributed by atoms with van der Waals surface area (Å²) in [6.45, 7) is 1.58. The van der Waals surface area contributed by atoms with Crippen molar-refractivity contribution in [1.29, 1.82) is 0 Å². The summed E-state index contributed by atoms with van der Waals surface area (Å²) in [7, 11) is 1.22. The van der Waals surface area contributed by atoms with Crippen LogP contribution in [0.4, 0.5) is 4.79 Å². The number of carboxylic acids is 1. The topological polar surface area (TPSA) is 75.6 Å². The first-order valence-electron chi connectivity index (χ1n) is 3.12. The van der Waals surface area contributed by atoms with Crippen LogP contribution in [0.25, 0.3) is 0 Å². The van der Waals surface area contributed by atoms with Crippen molar-refractivity contribution in [2.24, 2.45) is 5.92 Å². The molecule has 0 radical (unpaired) electrons. The Morgan fingerprint density at radius 3 is 2.55 bits per heavy atom. The van der Waals surface area contributed by atoms with Crippen molar-refractivity contribution in [2.45, 2.75) is 6.92 Å². The van der Waals surface area contributed by atoms with Gasteiger partial charge >= 0.3 is 12.1 Å². The van der Waals surface area contributed by atoms with Crippen LogP contribution in [-0.4, -0.2) is 30.8 Å². The SMILES string of the molecule is COC(=O)NCC(C)C(=O)O. The summed E-state index contributed by atoms with van der Waals surface area (Å²) in [6, 6.07) is 0. The van der Waals surface area contributed by atoms with Gasteiger partial charge in [0, 0.05) is 6.54 Å². The van der Waals surface area contributed by atoms with Crippen LogP contribution in [0.15, 0.2) is 0 Å². The largest absolute Gasteiger partial charge is 0.481 e. The molecular weight excluding hydrogens is 150 g/mol. The van der Waals surface area contributed by atoms with Crippen molar-refractivity contribution in [1.82, 2.24) is 5.32 Å². The molecule has 0 bridgehead atoms. The Kier molecular flexibility index (Phi) is 4.02. The number of methoxy groups -OCH3 is 1. The first kappa shape index (κ1) is 9.74. The van der Waals surface area contributed by atoms with Crippen molar-refractivity contribution in [3.8, 4) is 0 Å². The van der Waals surface area contributed by atoms with Crippen molar-refractivity contribution >= 4 is 12.1 Å². The zero-order valence-electron chi connectivity index (χ0n) is 6.46. The lowest BCUT2D eigenvalue weighted by Gasteiger charge is -2.06. The lowest BCUT2D eigenvalue weighted by molar-refractivity contribution is -0.140. The summed E-state index contributed by atoms with van der Waals surface area (Å²) in [4.78, 5) is 20.6. The third-order valence-electron chi connectivity index (χ3n) is 1.16. The lowest BCUT2D eigenvalue weighted by atomic mass is 10.2. The van der Waals surface area contributed by atoms with Gasteiger partial charge in [0.25, 0.3) is 0 Å². The molecular formula is C6H11NO4. The molecule has 0 aromatic carbocycles. The maximum atomic E-state index is 10.4. The van der Waals surface area contributed by atoms with Crippen molar-refractivity contribution in [3.63, 3.8) is 0 Å². The summed E-state index contributed by atoms with van der Waals surface area (Å²) >= 11 is 0. The zero-order valence-corrected chi connectivity index (χ0v) is 6.46. The second kappa shape index (κ2) is 4.54. The Bertz CT molecular complexity index is 157. The van der Waals surface area contributed by atoms with Crippen molar-refractivity contribution in [2.75, 3.05) is 13.7 Å². The number of rotatable bonds is 3. The molecule has 0 aromatic heterocycles. The van der Waals surface area contributed by atoms with Gasteiger partial charge in [0.15, 0.2) is 0 Å². The van der Waals surface area contributed by atoms with E-state index in [-0.39, 0.29) is 6.54 Å². The van der Waals surface area contributed by atoms with Crippen LogP contribution in [0.2, 0.25) is 0 Å². The van der Waals surface area contributed by atoms with Gasteiger partial charge in [-0.05, 0) is 0 Å². The second-order valence-electron chi connectivity index (χ2n) is 2.11. The number of alkyl carbamates (subject to hydrolysis) is 1. The van der Waals surface area contributed by atoms with E-state index in [1.54, 1.807) is 0 Å². The predicted molar refractivity (Wildman–Crippen MR) is 37.2 cm³/mol. The Labute approximate surface area is 64.3 Å². The summed E-state index contributed by atoms with van der Waals surface area (Å²) in [6.07, 6.45) is -0.613. The highest BCUT2D eigenvalue weighted by Gasteiger charge is 2.11. The molecule has 0 spiro atoms. The first-order valence-corrected chi connectivity index (χ1v) is 3.12. The Morgan fingerprint density at radius 2 is 2.18 bits per heavy atom. The van der Waals surface area contributed by atoms with Crippen molar-refractivity contribution in [3.05, 3.63) is 0 Å². The molecule has 11 heavy (non-hydrogen) atoms. The van der Waals surface area contributed by atoms with Gasteiger partial charge in [0.2, 0.25) is 0 Å². The fraction of sp³-hybridized carbons (Fsp3) is 0.667. The van der Waals surface area contributed by atoms with E-state index in [1.807, 2.05) is 0 Å². The molecule has 0 saturated heterocycles. The van der Waals surface area contributed by atoms with Crippen LogP contribution in [0.5, 0.6) is 0 Å². The number of amides is 1. The van der Waals surface area contributed by atoms with Crippen LogP contribution in [-0.2, 0) is 9.53 Å². The quantitative estimate of drug-likeness (QED) is 0.613. The number of carbonyl (C=O) groups is 2. The summed E-state index contributed by atoms with van der Waals surface area (Å²) in [5.74, 6) is -1.53. The molecule has 0 aliphatic carbocycles. The van der Waals surface area contributed by atoms with E-state index >= 15 is 0 Å². The van der Waals surface area contributed by atoms with Gasteiger partial charge in [-0.25, -0.2) is 4.79 Å². The van der Waals surface area contributed by atoms with E-state index in [4.69, 9.17) is 5.11 Å². The average Bonchev–Trinajstić information content (AvgIpc) is 1.99. The van der Waals surface area contributed by atoms with Crippen molar-refractivity contribution < 1.29 is 19.4 Å². The molecule has 1 atom stereocenters. The van der Waals surface area contributed by atoms with Crippen LogP contribution in [0, 0.1) is 5.92 Å². The van der Waals surface area contributed by atoms with Gasteiger partial charge in [-0.15, -0.1) is 0 Å². The monoisotopic (exact) mass is 161 g/mol. The molecule has 0 heterocycles. The Morgan fingerprint density at radius 1 is 1.64 bits per heavy atom. The van der Waals surface area contributed by atoms with Gasteiger partial charge in [0.05, 0.1) is 13.0 Å². The summed E-state index contributed by atoms with van der Waals surface area (Å²) < 4.78 is 4.24. The smallest absolute Gasteiger partial charge is 0.406 e. The average molecular weight is 161 g/mol. The molecule has 2 N–H and O–H groups in total. The predicted octanol–water partition coefficient (Wildman–Crippen LogP) is 0.0631. The first-order chi connectivity index (χ1) is 5.07.